The Bertz CT molecular complexity index is 4830. The molecular weight excluding hydrogens is 1650 g/mol. The van der Waals surface area contributed by atoms with Crippen LogP contribution >= 0.6 is 79.6 Å². The minimum atomic E-state index is -0.932. The molecule has 15 rings (SSSR count). The average molecular weight is 1730 g/mol. The fourth-order valence-electron chi connectivity index (χ4n) is 13.4. The number of imidazole rings is 1. The van der Waals surface area contributed by atoms with Crippen molar-refractivity contribution in [2.45, 2.75) is 161 Å². The van der Waals surface area contributed by atoms with Gasteiger partial charge in [-0.1, -0.05) is 152 Å². The Kier molecular flexibility index (Phi) is 23.6. The number of nitrogens with one attached hydrogen (secondary N) is 1. The molecular formula is C81H82Br5N5O13. The van der Waals surface area contributed by atoms with Gasteiger partial charge in [0.05, 0.1) is 23.3 Å². The number of halogens is 5. The summed E-state index contributed by atoms with van der Waals surface area (Å²) in [5.74, 6) is 0.548. The van der Waals surface area contributed by atoms with Crippen LogP contribution in [0.4, 0.5) is 14.4 Å². The smallest absolute Gasteiger partial charge is 0.411 e. The van der Waals surface area contributed by atoms with E-state index in [1.54, 1.807) is 60.6 Å². The molecule has 104 heavy (non-hydrogen) atoms. The lowest BCUT2D eigenvalue weighted by Gasteiger charge is -2.29. The van der Waals surface area contributed by atoms with Gasteiger partial charge in [-0.15, -0.1) is 0 Å². The number of amides is 3. The van der Waals surface area contributed by atoms with Crippen LogP contribution in [-0.4, -0.2) is 136 Å². The molecule has 1 aromatic heterocycles. The van der Waals surface area contributed by atoms with E-state index >= 15 is 0 Å². The van der Waals surface area contributed by atoms with E-state index in [0.29, 0.717) is 47.5 Å². The van der Waals surface area contributed by atoms with Crippen LogP contribution in [0.5, 0.6) is 0 Å². The standard InChI is InChI=1S/C23H24BrN3O2.C23H24BrNO5.C12H8Br2O.C12H9BrO.C11H17NO4/c1-23(2,3)29-22(28)27-19-10-16(19)11-20(27)21-25-12-18(26-21)15-5-4-14-9-17(24)7-6-13(14)8-15;1-23(2,3)30-22(28)25-18-10-16(18)11-19(25)21(27)29-12-20(26)15-5-4-14-9-17(24)7-6-13(14)8-15;13-7-12(15)10-2-1-9-6-11(14)4-3-8(9)5-10;1-8(14)9-2-3-11-7-12(13)5-4-10(11)6-9;1-11(2,3)16-10(15)12-7-4-6(7)5-8(12)9(13)14/h4-9,12,16,19-20H,10-11H2,1-3H3,(H,25,26);4-9,16,18-19H,10-12H2,1-3H3;1-6H,7H2;2-7H,1H3;6-8H,4-5H2,1-3H3,(H,13,14)/t16-,19-,20+;16-,18-,19+;;;6-,7-,8+/m11..1/s1. The van der Waals surface area contributed by atoms with Crippen LogP contribution in [0.25, 0.3) is 54.3 Å². The third kappa shape index (κ3) is 19.4. The molecule has 8 aromatic carbocycles. The average Bonchev–Trinajstić information content (AvgIpc) is 1.59. The number of piperidine rings is 3. The van der Waals surface area contributed by atoms with Gasteiger partial charge in [-0.2, -0.15) is 0 Å². The van der Waals surface area contributed by atoms with Gasteiger partial charge in [0, 0.05) is 58.3 Å². The number of nitrogens with zero attached hydrogens (tertiary/aromatic N) is 4. The van der Waals surface area contributed by atoms with Crippen LogP contribution < -0.4 is 0 Å². The summed E-state index contributed by atoms with van der Waals surface area (Å²) in [6.07, 6.45) is 5.59. The highest BCUT2D eigenvalue weighted by Gasteiger charge is 2.59. The normalized spacial score (nSPS) is 20.9. The van der Waals surface area contributed by atoms with Crippen molar-refractivity contribution in [1.82, 2.24) is 24.7 Å². The highest BCUT2D eigenvalue weighted by atomic mass is 79.9. The Balaban J connectivity index is 0.000000135. The second kappa shape index (κ2) is 31.7. The van der Waals surface area contributed by atoms with Crippen molar-refractivity contribution >= 4 is 170 Å². The number of aromatic amines is 1. The van der Waals surface area contributed by atoms with Crippen molar-refractivity contribution in [2.75, 3.05) is 11.9 Å². The molecule has 0 radical (unpaired) electrons. The lowest BCUT2D eigenvalue weighted by molar-refractivity contribution is -0.148. The molecule has 6 fully saturated rings. The third-order valence-corrected chi connectivity index (χ3v) is 21.1. The number of rotatable bonds is 10. The van der Waals surface area contributed by atoms with E-state index in [-0.39, 0.29) is 48.2 Å². The first-order chi connectivity index (χ1) is 49.1. The van der Waals surface area contributed by atoms with Crippen LogP contribution in [0.2, 0.25) is 0 Å². The predicted octanol–water partition coefficient (Wildman–Crippen LogP) is 20.2. The quantitative estimate of drug-likeness (QED) is 0.0561. The van der Waals surface area contributed by atoms with Crippen molar-refractivity contribution in [3.63, 3.8) is 0 Å². The Labute approximate surface area is 646 Å². The molecule has 3 saturated carbocycles. The van der Waals surface area contributed by atoms with Crippen molar-refractivity contribution < 1.29 is 62.4 Å². The molecule has 3 amide bonds. The molecule has 3 aliphatic heterocycles. The summed E-state index contributed by atoms with van der Waals surface area (Å²) in [4.78, 5) is 109. The largest absolute Gasteiger partial charge is 0.480 e. The summed E-state index contributed by atoms with van der Waals surface area (Å²) >= 11 is 17.0. The molecule has 3 aliphatic carbocycles. The number of ether oxygens (including phenoxy) is 4. The molecule has 2 N–H and O–H groups in total. The van der Waals surface area contributed by atoms with Crippen molar-refractivity contribution in [3.8, 4) is 11.3 Å². The number of Topliss-reactive ketones (excluding diaryl/α,β-unsaturated/α-hetero) is 3. The lowest BCUT2D eigenvalue weighted by Crippen LogP contribution is -2.46. The van der Waals surface area contributed by atoms with Gasteiger partial charge in [0.15, 0.2) is 24.0 Å². The SMILES string of the molecule is CC(=O)c1ccc2cc(Br)ccc2c1.CC(C)(C)OC(=O)N1[C@@H]2C[C@@H]2C[C@H]1C(=O)O.CC(C)(C)OC(=O)N1[C@@H]2C[C@@H]2C[C@H]1C(=O)OCC(=O)c1ccc2cc(Br)ccc2c1.CC(C)(C)OC(=O)N1[C@@H]2C[C@@H]2C[C@H]1c1ncc(-c2ccc3cc(Br)ccc3c2)[nH]1.O=C(CBr)c1ccc2cc(Br)ccc2c1. The van der Waals surface area contributed by atoms with E-state index in [1.165, 1.54) is 20.6 Å². The number of hydrogen-bond acceptors (Lipinski definition) is 13. The first-order valence-corrected chi connectivity index (χ1v) is 38.8. The van der Waals surface area contributed by atoms with Crippen molar-refractivity contribution in [3.05, 3.63) is 192 Å². The number of carboxylic acids is 1. The van der Waals surface area contributed by atoms with E-state index in [1.807, 2.05) is 135 Å². The van der Waals surface area contributed by atoms with Crippen LogP contribution in [0.15, 0.2) is 170 Å². The topological polar surface area (TPSA) is 232 Å². The van der Waals surface area contributed by atoms with E-state index in [0.717, 1.165) is 104 Å². The van der Waals surface area contributed by atoms with Gasteiger partial charge in [0.2, 0.25) is 0 Å². The van der Waals surface area contributed by atoms with Gasteiger partial charge >= 0.3 is 30.2 Å². The molecule has 4 heterocycles. The number of likely N-dealkylation sites (tertiary alicyclic amines) is 3. The van der Waals surface area contributed by atoms with E-state index < -0.39 is 53.0 Å². The van der Waals surface area contributed by atoms with Gasteiger partial charge < -0.3 is 29.0 Å². The summed E-state index contributed by atoms with van der Waals surface area (Å²) in [6.45, 7) is 17.7. The van der Waals surface area contributed by atoms with Crippen molar-refractivity contribution in [1.29, 1.82) is 0 Å². The maximum absolute atomic E-state index is 12.8. The molecule has 3 saturated heterocycles. The van der Waals surface area contributed by atoms with E-state index in [2.05, 4.69) is 120 Å². The Morgan fingerprint density at radius 2 is 0.827 bits per heavy atom. The van der Waals surface area contributed by atoms with Gasteiger partial charge in [0.25, 0.3) is 0 Å². The zero-order valence-corrected chi connectivity index (χ0v) is 67.2. The zero-order chi connectivity index (χ0) is 75.0. The second-order valence-corrected chi connectivity index (χ2v) is 34.3. The molecule has 0 bridgehead atoms. The van der Waals surface area contributed by atoms with Crippen LogP contribution in [-0.2, 0) is 28.5 Å². The number of H-pyrrole nitrogens is 1. The number of fused-ring (bicyclic) bond motifs is 7. The number of carboxylic acid groups (broad SMARTS) is 1. The number of aromatic nitrogens is 2. The summed E-state index contributed by atoms with van der Waals surface area (Å²) in [6, 6.07) is 46.4. The highest BCUT2D eigenvalue weighted by Crippen LogP contribution is 2.54. The molecule has 18 nitrogen and oxygen atoms in total. The minimum absolute atomic E-state index is 0.0351. The molecule has 0 unspecified atom stereocenters. The van der Waals surface area contributed by atoms with Crippen LogP contribution in [0, 0.1) is 17.8 Å². The Morgan fingerprint density at radius 1 is 0.462 bits per heavy atom. The monoisotopic (exact) mass is 1730 g/mol. The van der Waals surface area contributed by atoms with Gasteiger partial charge in [0.1, 0.15) is 34.7 Å². The number of hydrogen-bond donors (Lipinski definition) is 2. The first-order valence-electron chi connectivity index (χ1n) is 34.5. The maximum atomic E-state index is 12.8. The molecule has 9 aromatic rings. The molecule has 9 atom stereocenters. The van der Waals surface area contributed by atoms with Crippen LogP contribution in [0.1, 0.15) is 151 Å². The van der Waals surface area contributed by atoms with Gasteiger partial charge in [-0.05, 0) is 241 Å². The summed E-state index contributed by atoms with van der Waals surface area (Å²) in [5, 5.41) is 18.2. The predicted molar refractivity (Wildman–Crippen MR) is 419 cm³/mol. The minimum Gasteiger partial charge on any atom is -0.480 e. The highest BCUT2D eigenvalue weighted by molar-refractivity contribution is 9.11. The Hall–Kier alpha value is -7.83. The summed E-state index contributed by atoms with van der Waals surface area (Å²) in [7, 11) is 0. The van der Waals surface area contributed by atoms with Crippen LogP contribution in [0.3, 0.4) is 0 Å². The third-order valence-electron chi connectivity index (χ3n) is 18.6. The summed E-state index contributed by atoms with van der Waals surface area (Å²) in [5.41, 5.74) is 2.34. The molecule has 0 spiro atoms. The number of esters is 1. The molecule has 544 valence electrons. The van der Waals surface area contributed by atoms with Gasteiger partial charge in [-0.3, -0.25) is 29.1 Å². The van der Waals surface area contributed by atoms with Gasteiger partial charge in [-0.25, -0.2) is 29.0 Å². The fourth-order valence-corrected chi connectivity index (χ4v) is 15.3. The first kappa shape index (κ1) is 77.3. The Morgan fingerprint density at radius 3 is 1.27 bits per heavy atom. The van der Waals surface area contributed by atoms with Crippen molar-refractivity contribution in [2.24, 2.45) is 17.8 Å². The second-order valence-electron chi connectivity index (χ2n) is 30.1. The number of carbonyl (C=O) groups is 8. The van der Waals surface area contributed by atoms with E-state index in [9.17, 15) is 38.4 Å². The fraction of sp³-hybridized carbons (Fsp3) is 0.370. The van der Waals surface area contributed by atoms with E-state index in [4.69, 9.17) is 24.1 Å². The number of benzene rings is 8. The lowest BCUT2D eigenvalue weighted by atomic mass is 10.0. The number of ketones is 3. The molecule has 23 heteroatoms. The number of aliphatic carboxylic acids is 1. The number of carbonyl (C=O) groups excluding carboxylic acids is 7. The number of alkyl halides is 1. The maximum Gasteiger partial charge on any atom is 0.411 e. The molecule has 6 aliphatic rings. The zero-order valence-electron chi connectivity index (χ0n) is 59.3. The summed E-state index contributed by atoms with van der Waals surface area (Å²) < 4.78 is 25.8.